The molecule has 0 atom stereocenters. The Balaban J connectivity index is 1.62. The Morgan fingerprint density at radius 2 is 1.74 bits per heavy atom. The fourth-order valence-corrected chi connectivity index (χ4v) is 4.99. The Hall–Kier alpha value is -2.63. The highest BCUT2D eigenvalue weighted by Gasteiger charge is 2.24. The van der Waals surface area contributed by atoms with Crippen molar-refractivity contribution in [2.24, 2.45) is 0 Å². The molecule has 0 aliphatic carbocycles. The van der Waals surface area contributed by atoms with E-state index < -0.39 is 10.0 Å². The van der Waals surface area contributed by atoms with Crippen LogP contribution in [0.1, 0.15) is 42.0 Å². The van der Waals surface area contributed by atoms with Crippen LogP contribution in [0.4, 0.5) is 11.4 Å². The van der Waals surface area contributed by atoms with Crippen LogP contribution in [-0.4, -0.2) is 25.5 Å². The minimum Gasteiger partial charge on any atom is -0.355 e. The van der Waals surface area contributed by atoms with Crippen molar-refractivity contribution in [1.82, 2.24) is 4.31 Å². The summed E-state index contributed by atoms with van der Waals surface area (Å²) in [4.78, 5) is 0. The predicted molar refractivity (Wildman–Crippen MR) is 129 cm³/mol. The fourth-order valence-electron chi connectivity index (χ4n) is 4.20. The van der Waals surface area contributed by atoms with Crippen LogP contribution in [0.3, 0.4) is 0 Å². The second kappa shape index (κ2) is 8.48. The summed E-state index contributed by atoms with van der Waals surface area (Å²) in [5, 5.41) is 3.58. The van der Waals surface area contributed by atoms with E-state index in [1.807, 2.05) is 12.1 Å². The Morgan fingerprint density at radius 1 is 1.00 bits per heavy atom. The number of aryl methyl sites for hydroxylation is 1. The number of benzene rings is 3. The fraction of sp³-hybridized carbons (Fsp3) is 0.308. The van der Waals surface area contributed by atoms with E-state index in [0.29, 0.717) is 25.4 Å². The molecule has 3 aromatic rings. The van der Waals surface area contributed by atoms with Crippen molar-refractivity contribution in [2.75, 3.05) is 18.1 Å². The summed E-state index contributed by atoms with van der Waals surface area (Å²) in [6, 6.07) is 21.4. The van der Waals surface area contributed by atoms with Crippen LogP contribution < -0.4 is 5.32 Å². The molecule has 0 aromatic heterocycles. The summed E-state index contributed by atoms with van der Waals surface area (Å²) in [5.41, 5.74) is 9.36. The summed E-state index contributed by atoms with van der Waals surface area (Å²) in [5.74, 6) is 0.519. The summed E-state index contributed by atoms with van der Waals surface area (Å²) in [7, 11) is -3.18. The molecule has 0 fully saturated rings. The van der Waals surface area contributed by atoms with Gasteiger partial charge in [0.25, 0.3) is 0 Å². The van der Waals surface area contributed by atoms with Gasteiger partial charge >= 0.3 is 0 Å². The van der Waals surface area contributed by atoms with Crippen LogP contribution >= 0.6 is 0 Å². The standard InChI is InChI=1S/C26H30N2O2S/c1-18(2)20-9-11-21(12-10-20)25-16-23(13-8-19(25)3)27-26-7-5-6-22-17-28(31(4,29)30)15-14-24(22)26/h5-13,16,18,27H,14-15,17H2,1-4H3. The van der Waals surface area contributed by atoms with Crippen molar-refractivity contribution >= 4 is 21.4 Å². The Labute approximate surface area is 186 Å². The van der Waals surface area contributed by atoms with Gasteiger partial charge in [0, 0.05) is 24.5 Å². The first-order valence-electron chi connectivity index (χ1n) is 10.8. The molecule has 0 saturated carbocycles. The average molecular weight is 435 g/mol. The molecule has 0 unspecified atom stereocenters. The van der Waals surface area contributed by atoms with Crippen LogP contribution in [0.15, 0.2) is 60.7 Å². The molecule has 0 radical (unpaired) electrons. The van der Waals surface area contributed by atoms with Crippen LogP contribution in [0.25, 0.3) is 11.1 Å². The summed E-state index contributed by atoms with van der Waals surface area (Å²) >= 11 is 0. The molecule has 0 spiro atoms. The maximum Gasteiger partial charge on any atom is 0.211 e. The first-order valence-corrected chi connectivity index (χ1v) is 12.6. The van der Waals surface area contributed by atoms with E-state index in [1.165, 1.54) is 34.1 Å². The van der Waals surface area contributed by atoms with Gasteiger partial charge in [-0.1, -0.05) is 56.3 Å². The van der Waals surface area contributed by atoms with Crippen LogP contribution in [0, 0.1) is 6.92 Å². The number of hydrogen-bond acceptors (Lipinski definition) is 3. The molecule has 4 nitrogen and oxygen atoms in total. The van der Waals surface area contributed by atoms with Crippen molar-refractivity contribution in [2.45, 2.75) is 39.7 Å². The normalized spacial score (nSPS) is 14.5. The van der Waals surface area contributed by atoms with E-state index in [0.717, 1.165) is 16.9 Å². The lowest BCUT2D eigenvalue weighted by Crippen LogP contribution is -2.35. The SMILES string of the molecule is Cc1ccc(Nc2cccc3c2CCN(S(C)(=O)=O)C3)cc1-c1ccc(C(C)C)cc1. The molecular weight excluding hydrogens is 404 g/mol. The van der Waals surface area contributed by atoms with Gasteiger partial charge in [0.1, 0.15) is 0 Å². The largest absolute Gasteiger partial charge is 0.355 e. The van der Waals surface area contributed by atoms with Gasteiger partial charge in [-0.2, -0.15) is 4.31 Å². The number of fused-ring (bicyclic) bond motifs is 1. The first kappa shape index (κ1) is 21.6. The van der Waals surface area contributed by atoms with Crippen molar-refractivity contribution in [3.63, 3.8) is 0 Å². The maximum atomic E-state index is 11.9. The average Bonchev–Trinajstić information content (AvgIpc) is 2.74. The molecule has 0 saturated heterocycles. The lowest BCUT2D eigenvalue weighted by molar-refractivity contribution is 0.395. The van der Waals surface area contributed by atoms with Crippen molar-refractivity contribution in [1.29, 1.82) is 0 Å². The lowest BCUT2D eigenvalue weighted by atomic mass is 9.95. The van der Waals surface area contributed by atoms with E-state index >= 15 is 0 Å². The number of nitrogens with one attached hydrogen (secondary N) is 1. The second-order valence-corrected chi connectivity index (χ2v) is 10.7. The molecule has 1 aliphatic rings. The van der Waals surface area contributed by atoms with E-state index in [4.69, 9.17) is 0 Å². The van der Waals surface area contributed by atoms with Crippen molar-refractivity contribution in [3.8, 4) is 11.1 Å². The lowest BCUT2D eigenvalue weighted by Gasteiger charge is -2.28. The zero-order valence-electron chi connectivity index (χ0n) is 18.6. The number of nitrogens with zero attached hydrogens (tertiary/aromatic N) is 1. The van der Waals surface area contributed by atoms with Crippen molar-refractivity contribution < 1.29 is 8.42 Å². The Morgan fingerprint density at radius 3 is 2.42 bits per heavy atom. The van der Waals surface area contributed by atoms with Gasteiger partial charge in [-0.3, -0.25) is 0 Å². The second-order valence-electron chi connectivity index (χ2n) is 8.72. The van der Waals surface area contributed by atoms with Crippen LogP contribution in [0.5, 0.6) is 0 Å². The highest BCUT2D eigenvalue weighted by Crippen LogP contribution is 2.32. The molecule has 162 valence electrons. The molecule has 3 aromatic carbocycles. The molecule has 31 heavy (non-hydrogen) atoms. The number of sulfonamides is 1. The summed E-state index contributed by atoms with van der Waals surface area (Å²) in [6.07, 6.45) is 1.99. The van der Waals surface area contributed by atoms with Gasteiger partial charge in [-0.15, -0.1) is 0 Å². The zero-order valence-corrected chi connectivity index (χ0v) is 19.5. The molecule has 1 aliphatic heterocycles. The highest BCUT2D eigenvalue weighted by molar-refractivity contribution is 7.88. The number of hydrogen-bond donors (Lipinski definition) is 1. The summed E-state index contributed by atoms with van der Waals surface area (Å²) in [6.45, 7) is 7.51. The minimum atomic E-state index is -3.18. The van der Waals surface area contributed by atoms with Crippen LogP contribution in [-0.2, 0) is 23.0 Å². The molecule has 0 amide bonds. The Kier molecular flexibility index (Phi) is 5.91. The monoisotopic (exact) mass is 434 g/mol. The van der Waals surface area contributed by atoms with Gasteiger partial charge in [0.15, 0.2) is 0 Å². The Bertz CT molecular complexity index is 1200. The van der Waals surface area contributed by atoms with Gasteiger partial charge in [-0.05, 0) is 70.8 Å². The van der Waals surface area contributed by atoms with E-state index in [2.05, 4.69) is 74.6 Å². The van der Waals surface area contributed by atoms with Gasteiger partial charge in [0.2, 0.25) is 10.0 Å². The molecule has 1 heterocycles. The molecule has 5 heteroatoms. The van der Waals surface area contributed by atoms with Gasteiger partial charge < -0.3 is 5.32 Å². The first-order chi connectivity index (χ1) is 14.7. The van der Waals surface area contributed by atoms with E-state index in [-0.39, 0.29) is 0 Å². The summed E-state index contributed by atoms with van der Waals surface area (Å²) < 4.78 is 25.4. The molecule has 1 N–H and O–H groups in total. The number of anilines is 2. The predicted octanol–water partition coefficient (Wildman–Crippen LogP) is 5.85. The topological polar surface area (TPSA) is 49.4 Å². The van der Waals surface area contributed by atoms with Gasteiger partial charge in [-0.25, -0.2) is 8.42 Å². The third kappa shape index (κ3) is 4.68. The van der Waals surface area contributed by atoms with Gasteiger partial charge in [0.05, 0.1) is 6.26 Å². The highest BCUT2D eigenvalue weighted by atomic mass is 32.2. The van der Waals surface area contributed by atoms with Crippen molar-refractivity contribution in [3.05, 3.63) is 82.9 Å². The molecule has 4 rings (SSSR count). The maximum absolute atomic E-state index is 11.9. The van der Waals surface area contributed by atoms with E-state index in [9.17, 15) is 8.42 Å². The quantitative estimate of drug-likeness (QED) is 0.548. The smallest absolute Gasteiger partial charge is 0.211 e. The third-order valence-corrected chi connectivity index (χ3v) is 7.35. The third-order valence-electron chi connectivity index (χ3n) is 6.10. The minimum absolute atomic E-state index is 0.436. The zero-order chi connectivity index (χ0) is 22.2. The molecular formula is C26H30N2O2S. The van der Waals surface area contributed by atoms with Crippen LogP contribution in [0.2, 0.25) is 0 Å². The molecule has 0 bridgehead atoms. The number of rotatable bonds is 5. The van der Waals surface area contributed by atoms with E-state index in [1.54, 1.807) is 4.31 Å².